The highest BCUT2D eigenvalue weighted by Crippen LogP contribution is 2.27. The predicted octanol–water partition coefficient (Wildman–Crippen LogP) is 4.59. The van der Waals surface area contributed by atoms with Crippen LogP contribution in [-0.4, -0.2) is 0 Å². The summed E-state index contributed by atoms with van der Waals surface area (Å²) >= 11 is 11.5. The number of nitrogens with two attached hydrogens (primary N) is 1. The van der Waals surface area contributed by atoms with Crippen molar-refractivity contribution in [1.29, 1.82) is 0 Å². The molecule has 2 nitrogen and oxygen atoms in total. The van der Waals surface area contributed by atoms with E-state index in [1.807, 2.05) is 18.2 Å². The van der Waals surface area contributed by atoms with E-state index in [0.29, 0.717) is 15.9 Å². The Morgan fingerprint density at radius 1 is 1.30 bits per heavy atom. The lowest BCUT2D eigenvalue weighted by molar-refractivity contribution is 0.548. The Morgan fingerprint density at radius 2 is 2.05 bits per heavy atom. The minimum atomic E-state index is -0.275. The van der Waals surface area contributed by atoms with Crippen LogP contribution in [0.1, 0.15) is 17.2 Å². The van der Waals surface area contributed by atoms with Crippen molar-refractivity contribution in [2.45, 2.75) is 12.5 Å². The average Bonchev–Trinajstić information content (AvgIpc) is 2.43. The van der Waals surface area contributed by atoms with Gasteiger partial charge in [-0.3, -0.25) is 11.3 Å². The van der Waals surface area contributed by atoms with Gasteiger partial charge in [-0.05, 0) is 86.4 Å². The number of hydrazine groups is 1. The molecule has 0 saturated heterocycles. The van der Waals surface area contributed by atoms with Gasteiger partial charge in [0.15, 0.2) is 0 Å². The molecule has 0 heterocycles. The minimum Gasteiger partial charge on any atom is -0.271 e. The molecule has 20 heavy (non-hydrogen) atoms. The highest BCUT2D eigenvalue weighted by atomic mass is 127. The van der Waals surface area contributed by atoms with Crippen molar-refractivity contribution in [3.05, 3.63) is 66.4 Å². The first kappa shape index (κ1) is 16.2. The fourth-order valence-corrected chi connectivity index (χ4v) is 3.26. The fourth-order valence-electron chi connectivity index (χ4n) is 1.94. The highest BCUT2D eigenvalue weighted by molar-refractivity contribution is 14.1. The Balaban J connectivity index is 2.28. The van der Waals surface area contributed by atoms with Crippen molar-refractivity contribution in [1.82, 2.24) is 5.43 Å². The largest absolute Gasteiger partial charge is 0.271 e. The van der Waals surface area contributed by atoms with Crippen molar-refractivity contribution in [3.63, 3.8) is 0 Å². The van der Waals surface area contributed by atoms with E-state index >= 15 is 0 Å². The maximum absolute atomic E-state index is 13.3. The lowest BCUT2D eigenvalue weighted by Crippen LogP contribution is -2.30. The normalized spacial score (nSPS) is 12.4. The molecule has 6 heteroatoms. The van der Waals surface area contributed by atoms with Crippen LogP contribution in [0.25, 0.3) is 0 Å². The summed E-state index contributed by atoms with van der Waals surface area (Å²) in [5, 5.41) is 0.668. The van der Waals surface area contributed by atoms with Gasteiger partial charge in [0.25, 0.3) is 0 Å². The van der Waals surface area contributed by atoms with Gasteiger partial charge in [0.1, 0.15) is 5.82 Å². The van der Waals surface area contributed by atoms with Crippen molar-refractivity contribution in [2.24, 2.45) is 5.84 Å². The molecule has 0 fully saturated rings. The zero-order chi connectivity index (χ0) is 14.7. The number of hydrogen-bond acceptors (Lipinski definition) is 2. The standard InChI is InChI=1S/C14H12BrClFIN2/c15-11-5-8(1-3-12(11)17)6-14(20-19)10-7-9(16)2-4-13(10)18/h1-5,7,14,20H,6,19H2. The van der Waals surface area contributed by atoms with Crippen molar-refractivity contribution in [2.75, 3.05) is 0 Å². The zero-order valence-electron chi connectivity index (χ0n) is 10.3. The first-order valence-corrected chi connectivity index (χ1v) is 8.11. The third-order valence-electron chi connectivity index (χ3n) is 2.96. The van der Waals surface area contributed by atoms with Gasteiger partial charge in [0.05, 0.1) is 10.5 Å². The lowest BCUT2D eigenvalue weighted by atomic mass is 9.99. The summed E-state index contributed by atoms with van der Waals surface area (Å²) in [6, 6.07) is 10.6. The topological polar surface area (TPSA) is 38.0 Å². The quantitative estimate of drug-likeness (QED) is 0.391. The van der Waals surface area contributed by atoms with Gasteiger partial charge < -0.3 is 0 Å². The molecule has 1 atom stereocenters. The highest BCUT2D eigenvalue weighted by Gasteiger charge is 2.15. The Labute approximate surface area is 144 Å². The minimum absolute atomic E-state index is 0.0852. The number of benzene rings is 2. The van der Waals surface area contributed by atoms with Gasteiger partial charge in [-0.15, -0.1) is 0 Å². The molecule has 0 radical (unpaired) electrons. The molecular formula is C14H12BrClFIN2. The molecule has 0 aliphatic carbocycles. The van der Waals surface area contributed by atoms with Gasteiger partial charge in [-0.2, -0.15) is 0 Å². The zero-order valence-corrected chi connectivity index (χ0v) is 14.8. The summed E-state index contributed by atoms with van der Waals surface area (Å²) in [4.78, 5) is 0. The molecule has 0 amide bonds. The molecule has 3 N–H and O–H groups in total. The smallest absolute Gasteiger partial charge is 0.137 e. The molecular weight excluding hydrogens is 457 g/mol. The summed E-state index contributed by atoms with van der Waals surface area (Å²) in [6.07, 6.45) is 0.645. The van der Waals surface area contributed by atoms with Crippen LogP contribution in [0.3, 0.4) is 0 Å². The lowest BCUT2D eigenvalue weighted by Gasteiger charge is -2.18. The third-order valence-corrected chi connectivity index (χ3v) is 4.78. The van der Waals surface area contributed by atoms with Crippen LogP contribution in [0.2, 0.25) is 5.02 Å². The second-order valence-corrected chi connectivity index (χ2v) is 6.79. The van der Waals surface area contributed by atoms with Crippen LogP contribution in [0.15, 0.2) is 40.9 Å². The van der Waals surface area contributed by atoms with E-state index in [1.165, 1.54) is 6.07 Å². The van der Waals surface area contributed by atoms with Gasteiger partial charge >= 0.3 is 0 Å². The van der Waals surface area contributed by atoms with Gasteiger partial charge in [0, 0.05) is 8.59 Å². The van der Waals surface area contributed by atoms with E-state index < -0.39 is 0 Å². The second kappa shape index (κ2) is 7.17. The second-order valence-electron chi connectivity index (χ2n) is 4.34. The Kier molecular flexibility index (Phi) is 5.80. The van der Waals surface area contributed by atoms with E-state index in [1.54, 1.807) is 12.1 Å². The number of hydrogen-bond donors (Lipinski definition) is 2. The number of nitrogens with one attached hydrogen (secondary N) is 1. The first-order chi connectivity index (χ1) is 9.51. The molecule has 2 rings (SSSR count). The van der Waals surface area contributed by atoms with Crippen molar-refractivity contribution < 1.29 is 4.39 Å². The molecule has 2 aromatic rings. The molecule has 2 aromatic carbocycles. The molecule has 106 valence electrons. The number of halogens is 4. The monoisotopic (exact) mass is 468 g/mol. The summed E-state index contributed by atoms with van der Waals surface area (Å²) in [7, 11) is 0. The van der Waals surface area contributed by atoms with Crippen molar-refractivity contribution >= 4 is 50.1 Å². The number of rotatable bonds is 4. The van der Waals surface area contributed by atoms with Crippen LogP contribution in [0.4, 0.5) is 4.39 Å². The van der Waals surface area contributed by atoms with E-state index in [2.05, 4.69) is 43.9 Å². The maximum Gasteiger partial charge on any atom is 0.137 e. The summed E-state index contributed by atoms with van der Waals surface area (Å²) in [6.45, 7) is 0. The maximum atomic E-state index is 13.3. The Morgan fingerprint density at radius 3 is 2.70 bits per heavy atom. The van der Waals surface area contributed by atoms with Gasteiger partial charge in [-0.1, -0.05) is 17.7 Å². The Hall–Kier alpha value is -0.210. The summed E-state index contributed by atoms with van der Waals surface area (Å²) in [5.74, 6) is 5.38. The Bertz CT molecular complexity index is 624. The molecule has 0 aliphatic rings. The van der Waals surface area contributed by atoms with E-state index in [-0.39, 0.29) is 11.9 Å². The van der Waals surface area contributed by atoms with Crippen LogP contribution in [-0.2, 0) is 6.42 Å². The average molecular weight is 470 g/mol. The third kappa shape index (κ3) is 3.92. The molecule has 0 spiro atoms. The van der Waals surface area contributed by atoms with Crippen LogP contribution < -0.4 is 11.3 Å². The molecule has 0 bridgehead atoms. The molecule has 0 saturated carbocycles. The molecule has 0 aliphatic heterocycles. The summed E-state index contributed by atoms with van der Waals surface area (Å²) < 4.78 is 14.8. The molecule has 1 unspecified atom stereocenters. The molecule has 0 aromatic heterocycles. The predicted molar refractivity (Wildman–Crippen MR) is 92.0 cm³/mol. The van der Waals surface area contributed by atoms with Gasteiger partial charge in [0.2, 0.25) is 0 Å². The van der Waals surface area contributed by atoms with Gasteiger partial charge in [-0.25, -0.2) is 4.39 Å². The SMILES string of the molecule is NNC(Cc1ccc(F)c(Br)c1)c1cc(Cl)ccc1I. The van der Waals surface area contributed by atoms with E-state index in [0.717, 1.165) is 14.7 Å². The first-order valence-electron chi connectivity index (χ1n) is 5.86. The van der Waals surface area contributed by atoms with E-state index in [9.17, 15) is 4.39 Å². The van der Waals surface area contributed by atoms with E-state index in [4.69, 9.17) is 17.4 Å². The summed E-state index contributed by atoms with van der Waals surface area (Å²) in [5.41, 5.74) is 4.81. The van der Waals surface area contributed by atoms with Crippen LogP contribution in [0, 0.1) is 9.39 Å². The fraction of sp³-hybridized carbons (Fsp3) is 0.143. The van der Waals surface area contributed by atoms with Crippen LogP contribution in [0.5, 0.6) is 0 Å². The van der Waals surface area contributed by atoms with Crippen molar-refractivity contribution in [3.8, 4) is 0 Å². The van der Waals surface area contributed by atoms with Crippen LogP contribution >= 0.6 is 50.1 Å².